The Labute approximate surface area is 145 Å². The van der Waals surface area contributed by atoms with Crippen molar-refractivity contribution in [3.8, 4) is 5.75 Å². The minimum absolute atomic E-state index is 0.147. The van der Waals surface area contributed by atoms with Gasteiger partial charge in [-0.25, -0.2) is 0 Å². The van der Waals surface area contributed by atoms with Crippen LogP contribution in [0.5, 0.6) is 5.75 Å². The fourth-order valence-electron chi connectivity index (χ4n) is 3.85. The molecule has 1 amide bonds. The lowest BCUT2D eigenvalue weighted by molar-refractivity contribution is -0.124. The van der Waals surface area contributed by atoms with Crippen LogP contribution in [-0.2, 0) is 4.79 Å². The van der Waals surface area contributed by atoms with Crippen LogP contribution in [0.4, 0.5) is 0 Å². The number of methoxy groups -OCH3 is 1. The van der Waals surface area contributed by atoms with Gasteiger partial charge in [0.2, 0.25) is 5.91 Å². The zero-order valence-corrected chi connectivity index (χ0v) is 15.0. The molecule has 0 radical (unpaired) electrons. The Kier molecular flexibility index (Phi) is 5.77. The first-order valence-electron chi connectivity index (χ1n) is 9.38. The molecule has 0 spiro atoms. The van der Waals surface area contributed by atoms with Crippen molar-refractivity contribution in [3.63, 3.8) is 0 Å². The maximum Gasteiger partial charge on any atom is 0.234 e. The average Bonchev–Trinajstić information content (AvgIpc) is 3.45. The molecule has 2 atom stereocenters. The fourth-order valence-corrected chi connectivity index (χ4v) is 3.85. The Morgan fingerprint density at radius 3 is 2.62 bits per heavy atom. The monoisotopic (exact) mass is 330 g/mol. The molecule has 4 nitrogen and oxygen atoms in total. The largest absolute Gasteiger partial charge is 0.497 e. The Morgan fingerprint density at radius 2 is 2.00 bits per heavy atom. The number of likely N-dealkylation sites (tertiary alicyclic amines) is 1. The van der Waals surface area contributed by atoms with Crippen molar-refractivity contribution in [1.29, 1.82) is 0 Å². The third-order valence-electron chi connectivity index (χ3n) is 5.45. The fraction of sp³-hybridized carbons (Fsp3) is 0.650. The van der Waals surface area contributed by atoms with E-state index in [1.165, 1.54) is 37.7 Å². The molecule has 132 valence electrons. The van der Waals surface area contributed by atoms with Gasteiger partial charge in [-0.2, -0.15) is 0 Å². The van der Waals surface area contributed by atoms with Crippen LogP contribution in [0, 0.1) is 5.92 Å². The van der Waals surface area contributed by atoms with Crippen molar-refractivity contribution in [2.75, 3.05) is 20.2 Å². The lowest BCUT2D eigenvalue weighted by atomic mass is 9.99. The number of piperidine rings is 1. The molecule has 24 heavy (non-hydrogen) atoms. The number of nitrogens with zero attached hydrogens (tertiary/aromatic N) is 1. The van der Waals surface area contributed by atoms with Gasteiger partial charge in [-0.3, -0.25) is 9.69 Å². The second-order valence-electron chi connectivity index (χ2n) is 7.18. The van der Waals surface area contributed by atoms with E-state index in [2.05, 4.69) is 29.3 Å². The van der Waals surface area contributed by atoms with Gasteiger partial charge in [0.25, 0.3) is 0 Å². The SMILES string of the molecule is CCC1CCCCN1CC(=O)NC(c1ccc(OC)cc1)C1CC1. The molecule has 1 saturated carbocycles. The van der Waals surface area contributed by atoms with E-state index in [1.54, 1.807) is 7.11 Å². The Balaban J connectivity index is 1.61. The molecule has 0 aromatic heterocycles. The van der Waals surface area contributed by atoms with Crippen LogP contribution in [0.15, 0.2) is 24.3 Å². The van der Waals surface area contributed by atoms with Crippen LogP contribution >= 0.6 is 0 Å². The van der Waals surface area contributed by atoms with E-state index in [-0.39, 0.29) is 11.9 Å². The third-order valence-corrected chi connectivity index (χ3v) is 5.45. The highest BCUT2D eigenvalue weighted by atomic mass is 16.5. The van der Waals surface area contributed by atoms with Crippen molar-refractivity contribution >= 4 is 5.91 Å². The van der Waals surface area contributed by atoms with Gasteiger partial charge in [-0.15, -0.1) is 0 Å². The van der Waals surface area contributed by atoms with Gasteiger partial charge in [0, 0.05) is 6.04 Å². The van der Waals surface area contributed by atoms with E-state index in [9.17, 15) is 4.79 Å². The van der Waals surface area contributed by atoms with Crippen molar-refractivity contribution in [1.82, 2.24) is 10.2 Å². The number of amides is 1. The number of hydrogen-bond donors (Lipinski definition) is 1. The van der Waals surface area contributed by atoms with Crippen molar-refractivity contribution in [2.24, 2.45) is 5.92 Å². The Morgan fingerprint density at radius 1 is 1.25 bits per heavy atom. The zero-order chi connectivity index (χ0) is 16.9. The van der Waals surface area contributed by atoms with Gasteiger partial charge < -0.3 is 10.1 Å². The van der Waals surface area contributed by atoms with Crippen LogP contribution in [0.3, 0.4) is 0 Å². The summed E-state index contributed by atoms with van der Waals surface area (Å²) in [4.78, 5) is 15.0. The lowest BCUT2D eigenvalue weighted by Crippen LogP contribution is -2.46. The Hall–Kier alpha value is -1.55. The molecule has 1 aromatic rings. The first-order chi connectivity index (χ1) is 11.7. The third kappa shape index (κ3) is 4.29. The van der Waals surface area contributed by atoms with Gasteiger partial charge in [0.15, 0.2) is 0 Å². The molecule has 3 rings (SSSR count). The molecule has 1 N–H and O–H groups in total. The number of carbonyl (C=O) groups is 1. The summed E-state index contributed by atoms with van der Waals surface area (Å²) in [5, 5.41) is 3.30. The number of ether oxygens (including phenoxy) is 1. The molecular formula is C20H30N2O2. The van der Waals surface area contributed by atoms with Gasteiger partial charge in [-0.05, 0) is 62.3 Å². The summed E-state index contributed by atoms with van der Waals surface area (Å²) >= 11 is 0. The number of rotatable bonds is 7. The summed E-state index contributed by atoms with van der Waals surface area (Å²) in [5.74, 6) is 1.62. The normalized spacial score (nSPS) is 22.8. The van der Waals surface area contributed by atoms with Crippen LogP contribution in [0.25, 0.3) is 0 Å². The second-order valence-corrected chi connectivity index (χ2v) is 7.18. The van der Waals surface area contributed by atoms with E-state index in [0.717, 1.165) is 18.7 Å². The molecule has 4 heteroatoms. The number of carbonyl (C=O) groups excluding carboxylic acids is 1. The maximum atomic E-state index is 12.6. The lowest BCUT2D eigenvalue weighted by Gasteiger charge is -2.35. The topological polar surface area (TPSA) is 41.6 Å². The molecule has 1 saturated heterocycles. The molecule has 1 aromatic carbocycles. The quantitative estimate of drug-likeness (QED) is 0.831. The van der Waals surface area contributed by atoms with E-state index >= 15 is 0 Å². The number of benzene rings is 1. The van der Waals surface area contributed by atoms with Crippen LogP contribution in [0.1, 0.15) is 57.1 Å². The van der Waals surface area contributed by atoms with Gasteiger partial charge in [0.1, 0.15) is 5.75 Å². The minimum atomic E-state index is 0.147. The second kappa shape index (κ2) is 8.02. The van der Waals surface area contributed by atoms with E-state index in [0.29, 0.717) is 18.5 Å². The summed E-state index contributed by atoms with van der Waals surface area (Å²) in [6, 6.07) is 8.84. The summed E-state index contributed by atoms with van der Waals surface area (Å²) in [5.41, 5.74) is 1.19. The predicted molar refractivity (Wildman–Crippen MR) is 96.1 cm³/mol. The first kappa shape index (κ1) is 17.3. The molecule has 2 unspecified atom stereocenters. The molecule has 1 aliphatic carbocycles. The van der Waals surface area contributed by atoms with Gasteiger partial charge >= 0.3 is 0 Å². The first-order valence-corrected chi connectivity index (χ1v) is 9.38. The molecular weight excluding hydrogens is 300 g/mol. The molecule has 1 heterocycles. The summed E-state index contributed by atoms with van der Waals surface area (Å²) < 4.78 is 5.24. The molecule has 0 bridgehead atoms. The highest BCUT2D eigenvalue weighted by molar-refractivity contribution is 5.78. The van der Waals surface area contributed by atoms with Crippen molar-refractivity contribution < 1.29 is 9.53 Å². The van der Waals surface area contributed by atoms with Crippen LogP contribution < -0.4 is 10.1 Å². The average molecular weight is 330 g/mol. The highest BCUT2D eigenvalue weighted by Gasteiger charge is 2.34. The van der Waals surface area contributed by atoms with Crippen molar-refractivity contribution in [3.05, 3.63) is 29.8 Å². The van der Waals surface area contributed by atoms with Gasteiger partial charge in [-0.1, -0.05) is 25.5 Å². The van der Waals surface area contributed by atoms with Crippen LogP contribution in [0.2, 0.25) is 0 Å². The smallest absolute Gasteiger partial charge is 0.234 e. The van der Waals surface area contributed by atoms with E-state index < -0.39 is 0 Å². The highest BCUT2D eigenvalue weighted by Crippen LogP contribution is 2.41. The minimum Gasteiger partial charge on any atom is -0.497 e. The summed E-state index contributed by atoms with van der Waals surface area (Å²) in [7, 11) is 1.68. The zero-order valence-electron chi connectivity index (χ0n) is 15.0. The number of hydrogen-bond acceptors (Lipinski definition) is 3. The maximum absolute atomic E-state index is 12.6. The van der Waals surface area contributed by atoms with Crippen LogP contribution in [-0.4, -0.2) is 37.0 Å². The molecule has 2 fully saturated rings. The summed E-state index contributed by atoms with van der Waals surface area (Å²) in [6.45, 7) is 3.83. The van der Waals surface area contributed by atoms with Gasteiger partial charge in [0.05, 0.1) is 19.7 Å². The number of nitrogens with one attached hydrogen (secondary N) is 1. The predicted octanol–water partition coefficient (Wildman–Crippen LogP) is 3.53. The van der Waals surface area contributed by atoms with E-state index in [4.69, 9.17) is 4.74 Å². The Bertz CT molecular complexity index is 539. The van der Waals surface area contributed by atoms with Crippen molar-refractivity contribution in [2.45, 2.75) is 57.5 Å². The van der Waals surface area contributed by atoms with E-state index in [1.807, 2.05) is 12.1 Å². The molecule has 2 aliphatic rings. The standard InChI is InChI=1S/C20H30N2O2/c1-3-17-6-4-5-13-22(17)14-19(23)21-20(15-7-8-15)16-9-11-18(24-2)12-10-16/h9-12,15,17,20H,3-8,13-14H2,1-2H3,(H,21,23). The molecule has 1 aliphatic heterocycles. The summed E-state index contributed by atoms with van der Waals surface area (Å²) in [6.07, 6.45) is 7.30.